The topological polar surface area (TPSA) is 51.8 Å². The minimum absolute atomic E-state index is 0.751. The van der Waals surface area contributed by atoms with Crippen molar-refractivity contribution < 1.29 is 0 Å². The molecule has 0 saturated carbocycles. The van der Waals surface area contributed by atoms with Crippen molar-refractivity contribution in [1.82, 2.24) is 9.97 Å². The maximum absolute atomic E-state index is 6.12. The first-order chi connectivity index (χ1) is 8.24. The van der Waals surface area contributed by atoms with Gasteiger partial charge in [-0.25, -0.2) is 9.97 Å². The molecule has 0 aliphatic carbocycles. The van der Waals surface area contributed by atoms with Crippen molar-refractivity contribution in [3.63, 3.8) is 0 Å². The summed E-state index contributed by atoms with van der Waals surface area (Å²) in [4.78, 5) is 9.74. The molecule has 86 valence electrons. The number of aryl methyl sites for hydroxylation is 1. The van der Waals surface area contributed by atoms with E-state index in [4.69, 9.17) is 5.73 Å². The molecule has 0 fully saturated rings. The normalized spacial score (nSPS) is 11.1. The quantitative estimate of drug-likeness (QED) is 0.725. The fourth-order valence-corrected chi connectivity index (χ4v) is 4.04. The van der Waals surface area contributed by atoms with Crippen molar-refractivity contribution in [2.24, 2.45) is 0 Å². The van der Waals surface area contributed by atoms with E-state index in [1.165, 1.54) is 0 Å². The number of nitrogens with two attached hydrogens (primary N) is 1. The number of nitrogen functional groups attached to an aromatic ring is 1. The minimum atomic E-state index is 0.751. The highest BCUT2D eigenvalue weighted by Crippen LogP contribution is 2.37. The molecule has 17 heavy (non-hydrogen) atoms. The van der Waals surface area contributed by atoms with Gasteiger partial charge in [0, 0.05) is 16.0 Å². The van der Waals surface area contributed by atoms with Gasteiger partial charge in [0.05, 0.1) is 15.9 Å². The molecule has 0 unspecified atom stereocenters. The van der Waals surface area contributed by atoms with E-state index < -0.39 is 0 Å². The van der Waals surface area contributed by atoms with Crippen LogP contribution < -0.4 is 5.73 Å². The van der Waals surface area contributed by atoms with Crippen LogP contribution in [0.3, 0.4) is 0 Å². The lowest BCUT2D eigenvalue weighted by molar-refractivity contribution is 1.16. The Morgan fingerprint density at radius 1 is 1.29 bits per heavy atom. The molecule has 0 bridgehead atoms. The van der Waals surface area contributed by atoms with E-state index >= 15 is 0 Å². The summed E-state index contributed by atoms with van der Waals surface area (Å²) >= 11 is 4.85. The summed E-state index contributed by atoms with van der Waals surface area (Å²) in [6.07, 6.45) is 0. The number of aromatic nitrogens is 2. The summed E-state index contributed by atoms with van der Waals surface area (Å²) < 4.78 is 2.14. The zero-order valence-corrected chi connectivity index (χ0v) is 11.5. The lowest BCUT2D eigenvalue weighted by Crippen LogP contribution is -1.89. The van der Waals surface area contributed by atoms with E-state index in [1.54, 1.807) is 34.4 Å². The first kappa shape index (κ1) is 11.0. The first-order valence-corrected chi connectivity index (χ1v) is 7.53. The van der Waals surface area contributed by atoms with Crippen molar-refractivity contribution in [3.05, 3.63) is 28.7 Å². The fourth-order valence-electron chi connectivity index (χ4n) is 1.50. The molecule has 0 atom stereocenters. The van der Waals surface area contributed by atoms with Gasteiger partial charge >= 0.3 is 0 Å². The predicted octanol–water partition coefficient (Wildman–Crippen LogP) is 3.79. The van der Waals surface area contributed by atoms with Crippen LogP contribution in [0.15, 0.2) is 32.3 Å². The van der Waals surface area contributed by atoms with Gasteiger partial charge in [0.25, 0.3) is 0 Å². The SMILES string of the molecule is Cc1csc(Sc2ccc3scnc3c2N)n1. The van der Waals surface area contributed by atoms with Gasteiger partial charge < -0.3 is 5.73 Å². The van der Waals surface area contributed by atoms with Gasteiger partial charge in [0.1, 0.15) is 5.52 Å². The van der Waals surface area contributed by atoms with E-state index in [0.717, 1.165) is 30.8 Å². The van der Waals surface area contributed by atoms with Crippen LogP contribution in [0.25, 0.3) is 10.2 Å². The molecule has 3 rings (SSSR count). The molecule has 3 nitrogen and oxygen atoms in total. The van der Waals surface area contributed by atoms with Crippen LogP contribution in [0.2, 0.25) is 0 Å². The van der Waals surface area contributed by atoms with Gasteiger partial charge in [-0.1, -0.05) is 11.8 Å². The van der Waals surface area contributed by atoms with Crippen molar-refractivity contribution in [1.29, 1.82) is 0 Å². The molecule has 2 heterocycles. The summed E-state index contributed by atoms with van der Waals surface area (Å²) in [5.74, 6) is 0. The first-order valence-electron chi connectivity index (χ1n) is 4.95. The second-order valence-corrected chi connectivity index (χ2v) is 6.57. The predicted molar refractivity (Wildman–Crippen MR) is 75.0 cm³/mol. The van der Waals surface area contributed by atoms with Crippen LogP contribution in [0.4, 0.5) is 5.69 Å². The molecule has 1 aromatic carbocycles. The molecule has 0 aliphatic rings. The number of anilines is 1. The Bertz CT molecular complexity index is 671. The van der Waals surface area contributed by atoms with Gasteiger partial charge in [-0.15, -0.1) is 22.7 Å². The second-order valence-electron chi connectivity index (χ2n) is 3.53. The summed E-state index contributed by atoms with van der Waals surface area (Å²) in [6, 6.07) is 4.10. The smallest absolute Gasteiger partial charge is 0.154 e. The number of fused-ring (bicyclic) bond motifs is 1. The van der Waals surface area contributed by atoms with Gasteiger partial charge in [-0.05, 0) is 19.1 Å². The molecule has 2 aromatic heterocycles. The molecule has 3 aromatic rings. The van der Waals surface area contributed by atoms with Crippen LogP contribution in [0.1, 0.15) is 5.69 Å². The van der Waals surface area contributed by atoms with E-state index in [0.29, 0.717) is 0 Å². The molecule has 0 amide bonds. The van der Waals surface area contributed by atoms with Crippen LogP contribution in [-0.4, -0.2) is 9.97 Å². The highest BCUT2D eigenvalue weighted by Gasteiger charge is 2.09. The van der Waals surface area contributed by atoms with Crippen LogP contribution in [0, 0.1) is 6.92 Å². The third kappa shape index (κ3) is 2.03. The molecule has 6 heteroatoms. The van der Waals surface area contributed by atoms with E-state index in [2.05, 4.69) is 16.0 Å². The van der Waals surface area contributed by atoms with Crippen LogP contribution >= 0.6 is 34.4 Å². The number of rotatable bonds is 2. The van der Waals surface area contributed by atoms with Crippen LogP contribution in [0.5, 0.6) is 0 Å². The third-order valence-electron chi connectivity index (χ3n) is 2.30. The average molecular weight is 279 g/mol. The third-order valence-corrected chi connectivity index (χ3v) is 5.22. The van der Waals surface area contributed by atoms with Crippen molar-refractivity contribution >= 4 is 50.3 Å². The Labute approximate surface area is 111 Å². The summed E-state index contributed by atoms with van der Waals surface area (Å²) in [5.41, 5.74) is 10.6. The number of hydrogen-bond donors (Lipinski definition) is 1. The molecular weight excluding hydrogens is 270 g/mol. The van der Waals surface area contributed by atoms with Gasteiger partial charge in [0.15, 0.2) is 4.34 Å². The summed E-state index contributed by atoms with van der Waals surface area (Å²) in [5, 5.41) is 2.04. The Morgan fingerprint density at radius 3 is 2.94 bits per heavy atom. The number of hydrogen-bond acceptors (Lipinski definition) is 6. The van der Waals surface area contributed by atoms with Gasteiger partial charge in [-0.2, -0.15) is 0 Å². The van der Waals surface area contributed by atoms with Crippen molar-refractivity contribution in [2.45, 2.75) is 16.2 Å². The lowest BCUT2D eigenvalue weighted by atomic mass is 10.3. The number of nitrogens with zero attached hydrogens (tertiary/aromatic N) is 2. The van der Waals surface area contributed by atoms with E-state index in [1.807, 2.05) is 23.9 Å². The zero-order chi connectivity index (χ0) is 11.8. The maximum Gasteiger partial charge on any atom is 0.154 e. The fraction of sp³-hybridized carbons (Fsp3) is 0.0909. The molecule has 0 spiro atoms. The molecule has 0 radical (unpaired) electrons. The molecule has 2 N–H and O–H groups in total. The Morgan fingerprint density at radius 2 is 2.18 bits per heavy atom. The maximum atomic E-state index is 6.12. The average Bonchev–Trinajstić information content (AvgIpc) is 2.92. The summed E-state index contributed by atoms with van der Waals surface area (Å²) in [7, 11) is 0. The highest BCUT2D eigenvalue weighted by atomic mass is 32.2. The summed E-state index contributed by atoms with van der Waals surface area (Å²) in [6.45, 7) is 1.99. The highest BCUT2D eigenvalue weighted by molar-refractivity contribution is 8.01. The van der Waals surface area contributed by atoms with Crippen molar-refractivity contribution in [2.75, 3.05) is 5.73 Å². The second kappa shape index (κ2) is 4.29. The zero-order valence-electron chi connectivity index (χ0n) is 9.01. The molecule has 0 saturated heterocycles. The number of benzene rings is 1. The Balaban J connectivity index is 2.02. The molecular formula is C11H9N3S3. The number of thiazole rings is 2. The Kier molecular flexibility index (Phi) is 2.78. The van der Waals surface area contributed by atoms with Crippen LogP contribution in [-0.2, 0) is 0 Å². The minimum Gasteiger partial charge on any atom is -0.396 e. The van der Waals surface area contributed by atoms with E-state index in [9.17, 15) is 0 Å². The lowest BCUT2D eigenvalue weighted by Gasteiger charge is -2.03. The molecule has 0 aliphatic heterocycles. The van der Waals surface area contributed by atoms with Crippen molar-refractivity contribution in [3.8, 4) is 0 Å². The Hall–Kier alpha value is -1.11. The van der Waals surface area contributed by atoms with E-state index in [-0.39, 0.29) is 0 Å². The van der Waals surface area contributed by atoms with Gasteiger partial charge in [-0.3, -0.25) is 0 Å². The van der Waals surface area contributed by atoms with Gasteiger partial charge in [0.2, 0.25) is 0 Å². The largest absolute Gasteiger partial charge is 0.396 e. The standard InChI is InChI=1S/C11H9N3S3/c1-6-4-15-11(14-6)17-7-2-3-8-10(9(7)12)13-5-16-8/h2-5H,12H2,1H3. The monoisotopic (exact) mass is 279 g/mol.